The third kappa shape index (κ3) is 17.2. The molecule has 0 aliphatic heterocycles. The zero-order valence-corrected chi connectivity index (χ0v) is 16.2. The molecule has 1 unspecified atom stereocenters. The van der Waals surface area contributed by atoms with Crippen LogP contribution < -0.4 is 0 Å². The number of thioether (sulfide) groups is 1. The van der Waals surface area contributed by atoms with E-state index in [0.29, 0.717) is 6.42 Å². The second kappa shape index (κ2) is 18.2. The maximum absolute atomic E-state index is 10.6. The fourth-order valence-corrected chi connectivity index (χ4v) is 2.62. The highest BCUT2D eigenvalue weighted by Crippen LogP contribution is 2.06. The molecule has 1 N–H and O–H groups in total. The Balaban J connectivity index is 3.46. The SMILES string of the molecule is CCCCCCC/C=C\C/C=C\CSCC=C=CCC(C)C(=O)O. The maximum Gasteiger partial charge on any atom is 0.306 e. The number of aliphatic carboxylic acids is 1. The zero-order valence-electron chi connectivity index (χ0n) is 15.4. The Kier molecular flexibility index (Phi) is 17.3. The van der Waals surface area contributed by atoms with Crippen molar-refractivity contribution >= 4 is 17.7 Å². The highest BCUT2D eigenvalue weighted by molar-refractivity contribution is 7.99. The molecular formula is C21H34O2S. The summed E-state index contributed by atoms with van der Waals surface area (Å²) in [4.78, 5) is 10.6. The summed E-state index contributed by atoms with van der Waals surface area (Å²) >= 11 is 1.83. The monoisotopic (exact) mass is 350 g/mol. The highest BCUT2D eigenvalue weighted by Gasteiger charge is 2.06. The lowest BCUT2D eigenvalue weighted by atomic mass is 10.1. The first-order chi connectivity index (χ1) is 11.7. The van der Waals surface area contributed by atoms with E-state index < -0.39 is 5.97 Å². The van der Waals surface area contributed by atoms with Crippen LogP contribution in [0.5, 0.6) is 0 Å². The second-order valence-electron chi connectivity index (χ2n) is 5.97. The lowest BCUT2D eigenvalue weighted by Crippen LogP contribution is -2.07. The van der Waals surface area contributed by atoms with Crippen LogP contribution in [-0.4, -0.2) is 22.6 Å². The van der Waals surface area contributed by atoms with Gasteiger partial charge in [-0.25, -0.2) is 0 Å². The first-order valence-corrected chi connectivity index (χ1v) is 10.3. The van der Waals surface area contributed by atoms with E-state index in [9.17, 15) is 4.79 Å². The molecule has 0 aromatic rings. The number of hydrogen-bond acceptors (Lipinski definition) is 2. The second-order valence-corrected chi connectivity index (χ2v) is 7.04. The fourth-order valence-electron chi connectivity index (χ4n) is 1.99. The van der Waals surface area contributed by atoms with E-state index in [4.69, 9.17) is 5.11 Å². The number of allylic oxidation sites excluding steroid dienone is 3. The predicted octanol–water partition coefficient (Wildman–Crippen LogP) is 6.40. The number of hydrogen-bond donors (Lipinski definition) is 1. The molecule has 0 fully saturated rings. The Morgan fingerprint density at radius 3 is 2.54 bits per heavy atom. The molecular weight excluding hydrogens is 316 g/mol. The molecule has 1 atom stereocenters. The molecule has 0 amide bonds. The van der Waals surface area contributed by atoms with Gasteiger partial charge in [0.1, 0.15) is 0 Å². The van der Waals surface area contributed by atoms with Crippen LogP contribution in [0.25, 0.3) is 0 Å². The van der Waals surface area contributed by atoms with E-state index in [2.05, 4.69) is 37.0 Å². The van der Waals surface area contributed by atoms with Gasteiger partial charge in [-0.2, -0.15) is 11.8 Å². The summed E-state index contributed by atoms with van der Waals surface area (Å²) < 4.78 is 0. The summed E-state index contributed by atoms with van der Waals surface area (Å²) in [5.41, 5.74) is 3.05. The van der Waals surface area contributed by atoms with Gasteiger partial charge in [0.25, 0.3) is 0 Å². The van der Waals surface area contributed by atoms with Crippen LogP contribution in [0.1, 0.15) is 65.2 Å². The van der Waals surface area contributed by atoms with Crippen molar-refractivity contribution in [3.05, 3.63) is 42.2 Å². The molecule has 2 nitrogen and oxygen atoms in total. The van der Waals surface area contributed by atoms with Crippen LogP contribution in [0.2, 0.25) is 0 Å². The van der Waals surface area contributed by atoms with Crippen molar-refractivity contribution in [2.45, 2.75) is 65.2 Å². The summed E-state index contributed by atoms with van der Waals surface area (Å²) in [7, 11) is 0. The van der Waals surface area contributed by atoms with Crippen LogP contribution in [0.4, 0.5) is 0 Å². The first-order valence-electron chi connectivity index (χ1n) is 9.18. The topological polar surface area (TPSA) is 37.3 Å². The van der Waals surface area contributed by atoms with E-state index >= 15 is 0 Å². The van der Waals surface area contributed by atoms with E-state index in [0.717, 1.165) is 17.9 Å². The maximum atomic E-state index is 10.6. The molecule has 0 aromatic heterocycles. The molecule has 136 valence electrons. The minimum absolute atomic E-state index is 0.328. The Morgan fingerprint density at radius 1 is 1.04 bits per heavy atom. The molecule has 0 spiro atoms. The Morgan fingerprint density at radius 2 is 1.79 bits per heavy atom. The van der Waals surface area contributed by atoms with Crippen LogP contribution >= 0.6 is 11.8 Å². The van der Waals surface area contributed by atoms with Gasteiger partial charge in [0, 0.05) is 11.5 Å². The smallest absolute Gasteiger partial charge is 0.306 e. The standard InChI is InChI=1S/C21H34O2S/c1-3-4-5-6-7-8-9-10-11-12-15-18-24-19-16-13-14-17-20(2)21(22)23/h9-10,12,14-16,20H,3-8,11,17-19H2,1-2H3,(H,22,23)/b10-9-,15-12-. The van der Waals surface area contributed by atoms with Crippen molar-refractivity contribution in [3.63, 3.8) is 0 Å². The largest absolute Gasteiger partial charge is 0.481 e. The van der Waals surface area contributed by atoms with Crippen molar-refractivity contribution in [3.8, 4) is 0 Å². The van der Waals surface area contributed by atoms with Crippen molar-refractivity contribution in [1.82, 2.24) is 0 Å². The lowest BCUT2D eigenvalue weighted by Gasteiger charge is -1.97. The van der Waals surface area contributed by atoms with Gasteiger partial charge in [-0.1, -0.05) is 63.8 Å². The van der Waals surface area contributed by atoms with Gasteiger partial charge in [0.05, 0.1) is 5.92 Å². The Hall–Kier alpha value is -1.18. The summed E-state index contributed by atoms with van der Waals surface area (Å²) in [5, 5.41) is 8.74. The molecule has 0 radical (unpaired) electrons. The summed E-state index contributed by atoms with van der Waals surface area (Å²) in [6.07, 6.45) is 22.3. The van der Waals surface area contributed by atoms with E-state index in [1.807, 2.05) is 23.9 Å². The molecule has 24 heavy (non-hydrogen) atoms. The van der Waals surface area contributed by atoms with Gasteiger partial charge in [0.15, 0.2) is 0 Å². The van der Waals surface area contributed by atoms with Crippen molar-refractivity contribution < 1.29 is 9.90 Å². The predicted molar refractivity (Wildman–Crippen MR) is 108 cm³/mol. The molecule has 0 aromatic carbocycles. The van der Waals surface area contributed by atoms with Crippen molar-refractivity contribution in [2.75, 3.05) is 11.5 Å². The number of unbranched alkanes of at least 4 members (excludes halogenated alkanes) is 5. The molecule has 0 saturated heterocycles. The third-order valence-corrected chi connectivity index (χ3v) is 4.45. The normalized spacial score (nSPS) is 12.4. The van der Waals surface area contributed by atoms with E-state index in [-0.39, 0.29) is 5.92 Å². The quantitative estimate of drug-likeness (QED) is 0.211. The van der Waals surface area contributed by atoms with Crippen LogP contribution in [0.3, 0.4) is 0 Å². The fraction of sp³-hybridized carbons (Fsp3) is 0.619. The summed E-state index contributed by atoms with van der Waals surface area (Å²) in [6, 6.07) is 0. The molecule has 0 heterocycles. The average molecular weight is 351 g/mol. The minimum atomic E-state index is -0.752. The van der Waals surface area contributed by atoms with Gasteiger partial charge in [0.2, 0.25) is 0 Å². The molecule has 0 aliphatic carbocycles. The molecule has 0 aliphatic rings. The van der Waals surface area contributed by atoms with Crippen molar-refractivity contribution in [2.24, 2.45) is 5.92 Å². The summed E-state index contributed by atoms with van der Waals surface area (Å²) in [5.74, 6) is 0.841. The van der Waals surface area contributed by atoms with Gasteiger partial charge in [-0.15, -0.1) is 5.73 Å². The molecule has 3 heteroatoms. The number of carbonyl (C=O) groups is 1. The van der Waals surface area contributed by atoms with Gasteiger partial charge in [-0.3, -0.25) is 4.79 Å². The van der Waals surface area contributed by atoms with E-state index in [1.54, 1.807) is 6.92 Å². The highest BCUT2D eigenvalue weighted by atomic mass is 32.2. The first kappa shape index (κ1) is 22.8. The molecule has 0 rings (SSSR count). The van der Waals surface area contributed by atoms with Crippen LogP contribution in [0, 0.1) is 5.92 Å². The zero-order chi connectivity index (χ0) is 17.9. The Bertz CT molecular complexity index is 418. The molecule has 0 saturated carbocycles. The summed E-state index contributed by atoms with van der Waals surface area (Å²) in [6.45, 7) is 3.96. The molecule has 0 bridgehead atoms. The van der Waals surface area contributed by atoms with Crippen molar-refractivity contribution in [1.29, 1.82) is 0 Å². The van der Waals surface area contributed by atoms with Crippen LogP contribution in [0.15, 0.2) is 42.2 Å². The average Bonchev–Trinajstić information content (AvgIpc) is 2.57. The van der Waals surface area contributed by atoms with Gasteiger partial charge >= 0.3 is 5.97 Å². The van der Waals surface area contributed by atoms with Gasteiger partial charge < -0.3 is 5.11 Å². The van der Waals surface area contributed by atoms with Gasteiger partial charge in [-0.05, 0) is 37.8 Å². The number of carboxylic acid groups (broad SMARTS) is 1. The minimum Gasteiger partial charge on any atom is -0.481 e. The number of rotatable bonds is 15. The third-order valence-electron chi connectivity index (χ3n) is 3.62. The number of carboxylic acids is 1. The lowest BCUT2D eigenvalue weighted by molar-refractivity contribution is -0.140. The Labute approximate surface area is 152 Å². The van der Waals surface area contributed by atoms with E-state index in [1.165, 1.54) is 38.5 Å². The van der Waals surface area contributed by atoms with Crippen LogP contribution in [-0.2, 0) is 4.79 Å².